The van der Waals surface area contributed by atoms with Gasteiger partial charge in [-0.3, -0.25) is 9.59 Å². The number of likely N-dealkylation sites (tertiary alicyclic amines) is 1. The van der Waals surface area contributed by atoms with E-state index in [2.05, 4.69) is 64.1 Å². The minimum atomic E-state index is -0.492. The Bertz CT molecular complexity index is 1740. The molecule has 0 radical (unpaired) electrons. The molecule has 9 nitrogen and oxygen atoms in total. The molecule has 5 N–H and O–H groups in total. The summed E-state index contributed by atoms with van der Waals surface area (Å²) in [6.07, 6.45) is 7.57. The molecule has 2 fully saturated rings. The lowest BCUT2D eigenvalue weighted by molar-refractivity contribution is -0.253. The first kappa shape index (κ1) is 37.2. The van der Waals surface area contributed by atoms with Gasteiger partial charge in [0.15, 0.2) is 6.29 Å². The second-order valence-corrected chi connectivity index (χ2v) is 14.0. The van der Waals surface area contributed by atoms with E-state index in [-0.39, 0.29) is 43.5 Å². The molecule has 2 aliphatic heterocycles. The molecule has 3 atom stereocenters. The predicted molar refractivity (Wildman–Crippen MR) is 205 cm³/mol. The standard InChI is InChI=1S/C43H52N4O5/c44-38-12-4-5-13-39(38)46-42(50)15-9-14-41(49)45-28-32-10-8-11-36(26-32)33-20-22-35(23-21-33)43-51-37(29-47-24-6-2-1-3-7-25-47)27-40(52-43)34-18-16-31(30-48)17-19-34/h4-5,8,10-13,16-23,26,37,40,43,48H,1-3,6-7,9,14-15,24-25,27-30,44H2,(H,45,49)(H,46,50)/t37-,40+,43+/m0/s1. The molecule has 4 aromatic rings. The zero-order valence-electron chi connectivity index (χ0n) is 30.0. The lowest BCUT2D eigenvalue weighted by Crippen LogP contribution is -2.40. The van der Waals surface area contributed by atoms with Crippen LogP contribution in [0, 0.1) is 0 Å². The molecule has 4 aromatic carbocycles. The van der Waals surface area contributed by atoms with Gasteiger partial charge in [0, 0.05) is 37.9 Å². The number of aliphatic hydroxyl groups excluding tert-OH is 1. The summed E-state index contributed by atoms with van der Waals surface area (Å²) in [7, 11) is 0. The van der Waals surface area contributed by atoms with Gasteiger partial charge in [0.05, 0.1) is 30.2 Å². The maximum atomic E-state index is 12.6. The van der Waals surface area contributed by atoms with Crippen LogP contribution in [-0.4, -0.2) is 47.6 Å². The second kappa shape index (κ2) is 18.8. The van der Waals surface area contributed by atoms with Gasteiger partial charge in [-0.1, -0.05) is 98.1 Å². The largest absolute Gasteiger partial charge is 0.397 e. The van der Waals surface area contributed by atoms with E-state index in [0.717, 1.165) is 59.4 Å². The highest BCUT2D eigenvalue weighted by Crippen LogP contribution is 2.39. The number of nitrogens with one attached hydrogen (secondary N) is 2. The summed E-state index contributed by atoms with van der Waals surface area (Å²) < 4.78 is 13.3. The molecule has 2 heterocycles. The number of benzene rings is 4. The topological polar surface area (TPSA) is 126 Å². The maximum absolute atomic E-state index is 12.6. The molecule has 2 amide bonds. The van der Waals surface area contributed by atoms with Crippen molar-refractivity contribution >= 4 is 23.2 Å². The van der Waals surface area contributed by atoms with Crippen molar-refractivity contribution in [3.8, 4) is 11.1 Å². The van der Waals surface area contributed by atoms with Crippen molar-refractivity contribution in [3.05, 3.63) is 119 Å². The quantitative estimate of drug-likeness (QED) is 0.105. The zero-order chi connectivity index (χ0) is 36.1. The minimum Gasteiger partial charge on any atom is -0.397 e. The number of hydrogen-bond donors (Lipinski definition) is 4. The number of ether oxygens (including phenoxy) is 2. The molecular formula is C43H52N4O5. The van der Waals surface area contributed by atoms with Crippen molar-refractivity contribution < 1.29 is 24.2 Å². The van der Waals surface area contributed by atoms with Crippen LogP contribution in [0.1, 0.15) is 92.4 Å². The van der Waals surface area contributed by atoms with E-state index >= 15 is 0 Å². The van der Waals surface area contributed by atoms with Gasteiger partial charge in [-0.15, -0.1) is 0 Å². The molecule has 0 spiro atoms. The predicted octanol–water partition coefficient (Wildman–Crippen LogP) is 7.66. The fourth-order valence-corrected chi connectivity index (χ4v) is 7.03. The summed E-state index contributed by atoms with van der Waals surface area (Å²) >= 11 is 0. The van der Waals surface area contributed by atoms with E-state index in [4.69, 9.17) is 15.2 Å². The second-order valence-electron chi connectivity index (χ2n) is 14.0. The molecule has 0 bridgehead atoms. The third-order valence-electron chi connectivity index (χ3n) is 10.0. The monoisotopic (exact) mass is 704 g/mol. The maximum Gasteiger partial charge on any atom is 0.224 e. The average Bonchev–Trinajstić information content (AvgIpc) is 3.16. The van der Waals surface area contributed by atoms with Crippen LogP contribution in [0.25, 0.3) is 11.1 Å². The van der Waals surface area contributed by atoms with Crippen molar-refractivity contribution in [3.63, 3.8) is 0 Å². The smallest absolute Gasteiger partial charge is 0.224 e. The molecule has 2 saturated heterocycles. The first-order valence-electron chi connectivity index (χ1n) is 18.8. The zero-order valence-corrected chi connectivity index (χ0v) is 30.0. The van der Waals surface area contributed by atoms with E-state index in [0.29, 0.717) is 24.3 Å². The van der Waals surface area contributed by atoms with Gasteiger partial charge in [0.25, 0.3) is 0 Å². The Hall–Kier alpha value is -4.54. The highest BCUT2D eigenvalue weighted by molar-refractivity contribution is 5.94. The first-order valence-corrected chi connectivity index (χ1v) is 18.8. The molecule has 6 rings (SSSR count). The normalized spacial score (nSPS) is 19.7. The Morgan fingerprint density at radius 3 is 2.21 bits per heavy atom. The fourth-order valence-electron chi connectivity index (χ4n) is 7.03. The fraction of sp³-hybridized carbons (Fsp3) is 0.395. The van der Waals surface area contributed by atoms with Crippen molar-refractivity contribution in [1.82, 2.24) is 10.2 Å². The number of amides is 2. The van der Waals surface area contributed by atoms with Crippen LogP contribution in [0.5, 0.6) is 0 Å². The van der Waals surface area contributed by atoms with E-state index < -0.39 is 6.29 Å². The molecule has 0 unspecified atom stereocenters. The van der Waals surface area contributed by atoms with Crippen LogP contribution in [0.2, 0.25) is 0 Å². The van der Waals surface area contributed by atoms with Crippen LogP contribution in [0.15, 0.2) is 97.1 Å². The number of para-hydroxylation sites is 2. The Morgan fingerprint density at radius 2 is 1.46 bits per heavy atom. The summed E-state index contributed by atoms with van der Waals surface area (Å²) in [5.74, 6) is -0.260. The average molecular weight is 705 g/mol. The lowest BCUT2D eigenvalue weighted by atomic mass is 9.98. The number of rotatable bonds is 13. The SMILES string of the molecule is Nc1ccccc1NC(=O)CCCC(=O)NCc1cccc(-c2ccc([C@@H]3O[C@H](CN4CCCCCCC4)C[C@H](c4ccc(CO)cc4)O3)cc2)c1. The van der Waals surface area contributed by atoms with Gasteiger partial charge in [-0.25, -0.2) is 0 Å². The third-order valence-corrected chi connectivity index (χ3v) is 10.0. The van der Waals surface area contributed by atoms with Gasteiger partial charge in [-0.05, 0) is 78.4 Å². The van der Waals surface area contributed by atoms with Gasteiger partial charge in [-0.2, -0.15) is 0 Å². The van der Waals surface area contributed by atoms with Gasteiger partial charge in [0.2, 0.25) is 11.8 Å². The summed E-state index contributed by atoms with van der Waals surface area (Å²) in [5, 5.41) is 15.3. The van der Waals surface area contributed by atoms with E-state index in [1.807, 2.05) is 36.4 Å². The van der Waals surface area contributed by atoms with Gasteiger partial charge < -0.3 is 35.8 Å². The summed E-state index contributed by atoms with van der Waals surface area (Å²) in [4.78, 5) is 27.4. The van der Waals surface area contributed by atoms with Crippen molar-refractivity contribution in [1.29, 1.82) is 0 Å². The number of nitrogens with zero attached hydrogens (tertiary/aromatic N) is 1. The van der Waals surface area contributed by atoms with Crippen LogP contribution in [-0.2, 0) is 32.2 Å². The minimum absolute atomic E-state index is 0.0208. The van der Waals surface area contributed by atoms with Crippen molar-refractivity contribution in [2.75, 3.05) is 30.7 Å². The number of nitrogens with two attached hydrogens (primary N) is 1. The summed E-state index contributed by atoms with van der Waals surface area (Å²) in [6, 6.07) is 31.7. The molecule has 0 aromatic heterocycles. The Labute approximate surface area is 307 Å². The van der Waals surface area contributed by atoms with Crippen LogP contribution < -0.4 is 16.4 Å². The third kappa shape index (κ3) is 10.7. The summed E-state index contributed by atoms with van der Waals surface area (Å²) in [5.41, 5.74) is 13.1. The van der Waals surface area contributed by atoms with Gasteiger partial charge in [0.1, 0.15) is 0 Å². The lowest BCUT2D eigenvalue weighted by Gasteiger charge is -2.38. The number of hydrogen-bond acceptors (Lipinski definition) is 7. The molecule has 0 aliphatic carbocycles. The number of carbonyl (C=O) groups is 2. The Morgan fingerprint density at radius 1 is 0.750 bits per heavy atom. The highest BCUT2D eigenvalue weighted by Gasteiger charge is 2.33. The molecule has 9 heteroatoms. The van der Waals surface area contributed by atoms with Crippen molar-refractivity contribution in [2.45, 2.75) is 89.4 Å². The van der Waals surface area contributed by atoms with E-state index in [1.54, 1.807) is 12.1 Å². The number of carbonyl (C=O) groups excluding carboxylic acids is 2. The van der Waals surface area contributed by atoms with Crippen LogP contribution in [0.4, 0.5) is 11.4 Å². The molecule has 2 aliphatic rings. The van der Waals surface area contributed by atoms with Crippen LogP contribution >= 0.6 is 0 Å². The van der Waals surface area contributed by atoms with E-state index in [9.17, 15) is 14.7 Å². The molecule has 0 saturated carbocycles. The Kier molecular flexibility index (Phi) is 13.5. The molecule has 274 valence electrons. The molecular weight excluding hydrogens is 652 g/mol. The van der Waals surface area contributed by atoms with Gasteiger partial charge >= 0.3 is 0 Å². The van der Waals surface area contributed by atoms with Crippen LogP contribution in [0.3, 0.4) is 0 Å². The first-order chi connectivity index (χ1) is 25.4. The number of anilines is 2. The highest BCUT2D eigenvalue weighted by atomic mass is 16.7. The summed E-state index contributed by atoms with van der Waals surface area (Å²) in [6.45, 7) is 3.55. The van der Waals surface area contributed by atoms with Crippen molar-refractivity contribution in [2.24, 2.45) is 0 Å². The Balaban J connectivity index is 1.04. The number of aliphatic hydroxyl groups is 1. The number of nitrogen functional groups attached to an aromatic ring is 1. The molecule has 52 heavy (non-hydrogen) atoms. The van der Waals surface area contributed by atoms with E-state index in [1.165, 1.54) is 32.1 Å².